The molecule has 0 aliphatic carbocycles. The highest BCUT2D eigenvalue weighted by Gasteiger charge is 2.18. The van der Waals surface area contributed by atoms with E-state index in [0.29, 0.717) is 5.56 Å². The summed E-state index contributed by atoms with van der Waals surface area (Å²) >= 11 is 0. The van der Waals surface area contributed by atoms with Crippen LogP contribution < -0.4 is 10.2 Å². The zero-order chi connectivity index (χ0) is 18.6. The smallest absolute Gasteiger partial charge is 0.257 e. The van der Waals surface area contributed by atoms with Crippen LogP contribution in [0.1, 0.15) is 34.0 Å². The lowest BCUT2D eigenvalue weighted by atomic mass is 9.99. The van der Waals surface area contributed by atoms with E-state index in [1.807, 2.05) is 36.5 Å². The van der Waals surface area contributed by atoms with Gasteiger partial charge in [0.2, 0.25) is 0 Å². The van der Waals surface area contributed by atoms with Crippen LogP contribution in [0, 0.1) is 0 Å². The van der Waals surface area contributed by atoms with Crippen molar-refractivity contribution in [2.45, 2.75) is 26.3 Å². The summed E-state index contributed by atoms with van der Waals surface area (Å²) in [7, 11) is 0. The fourth-order valence-corrected chi connectivity index (χ4v) is 3.59. The number of hydrogen-bond acceptors (Lipinski definition) is 3. The summed E-state index contributed by atoms with van der Waals surface area (Å²) in [6, 6.07) is 18.4. The van der Waals surface area contributed by atoms with Crippen molar-refractivity contribution in [3.63, 3.8) is 0 Å². The third-order valence-corrected chi connectivity index (χ3v) is 5.13. The molecule has 0 saturated carbocycles. The van der Waals surface area contributed by atoms with Crippen molar-refractivity contribution >= 4 is 17.3 Å². The molecular formula is C23H23N3O. The minimum absolute atomic E-state index is 0.123. The van der Waals surface area contributed by atoms with Crippen LogP contribution in [0.3, 0.4) is 0 Å². The van der Waals surface area contributed by atoms with Gasteiger partial charge in [0.1, 0.15) is 0 Å². The first-order chi connectivity index (χ1) is 13.2. The maximum absolute atomic E-state index is 12.7. The Bertz CT molecular complexity index is 967. The van der Waals surface area contributed by atoms with E-state index in [2.05, 4.69) is 46.4 Å². The molecule has 1 aliphatic heterocycles. The second-order valence-electron chi connectivity index (χ2n) is 6.84. The number of fused-ring (bicyclic) bond motifs is 1. The Morgan fingerprint density at radius 1 is 1.07 bits per heavy atom. The number of carbonyl (C=O) groups is 1. The minimum Gasteiger partial charge on any atom is -0.366 e. The Kier molecular flexibility index (Phi) is 4.88. The molecule has 3 aromatic rings. The highest BCUT2D eigenvalue weighted by Crippen LogP contribution is 2.25. The number of nitrogens with one attached hydrogen (secondary N) is 1. The van der Waals surface area contributed by atoms with Gasteiger partial charge in [-0.05, 0) is 41.7 Å². The number of hydrogen-bond donors (Lipinski definition) is 1. The molecule has 1 N–H and O–H groups in total. The molecule has 0 unspecified atom stereocenters. The number of pyridine rings is 1. The van der Waals surface area contributed by atoms with Gasteiger partial charge >= 0.3 is 0 Å². The van der Waals surface area contributed by atoms with Crippen molar-refractivity contribution < 1.29 is 4.79 Å². The van der Waals surface area contributed by atoms with Gasteiger partial charge in [-0.2, -0.15) is 0 Å². The molecule has 2 heterocycles. The second-order valence-corrected chi connectivity index (χ2v) is 6.84. The van der Waals surface area contributed by atoms with Crippen LogP contribution in [-0.4, -0.2) is 17.4 Å². The lowest BCUT2D eigenvalue weighted by Crippen LogP contribution is -2.30. The van der Waals surface area contributed by atoms with E-state index in [4.69, 9.17) is 0 Å². The highest BCUT2D eigenvalue weighted by molar-refractivity contribution is 6.05. The molecule has 0 fully saturated rings. The molecule has 0 saturated heterocycles. The van der Waals surface area contributed by atoms with Gasteiger partial charge in [-0.15, -0.1) is 0 Å². The first kappa shape index (κ1) is 17.3. The normalized spacial score (nSPS) is 13.1. The lowest BCUT2D eigenvalue weighted by Gasteiger charge is -2.30. The van der Waals surface area contributed by atoms with Crippen LogP contribution in [0.25, 0.3) is 0 Å². The quantitative estimate of drug-likeness (QED) is 0.750. The summed E-state index contributed by atoms with van der Waals surface area (Å²) in [5.41, 5.74) is 6.31. The van der Waals surface area contributed by atoms with Gasteiger partial charge in [-0.1, -0.05) is 49.4 Å². The Morgan fingerprint density at radius 2 is 1.85 bits per heavy atom. The van der Waals surface area contributed by atoms with Crippen molar-refractivity contribution in [3.05, 3.63) is 89.2 Å². The Morgan fingerprint density at radius 3 is 2.70 bits per heavy atom. The van der Waals surface area contributed by atoms with Gasteiger partial charge in [0.15, 0.2) is 0 Å². The molecule has 4 rings (SSSR count). The fraction of sp³-hybridized carbons (Fsp3) is 0.217. The van der Waals surface area contributed by atoms with Crippen LogP contribution in [0.15, 0.2) is 67.0 Å². The average Bonchev–Trinajstić information content (AvgIpc) is 2.74. The van der Waals surface area contributed by atoms with Crippen LogP contribution >= 0.6 is 0 Å². The van der Waals surface area contributed by atoms with E-state index in [9.17, 15) is 4.79 Å². The van der Waals surface area contributed by atoms with Gasteiger partial charge < -0.3 is 10.2 Å². The van der Waals surface area contributed by atoms with Crippen LogP contribution in [0.2, 0.25) is 0 Å². The summed E-state index contributed by atoms with van der Waals surface area (Å²) in [6.45, 7) is 3.87. The average molecular weight is 357 g/mol. The summed E-state index contributed by atoms with van der Waals surface area (Å²) in [4.78, 5) is 19.3. The zero-order valence-electron chi connectivity index (χ0n) is 15.5. The van der Waals surface area contributed by atoms with E-state index in [-0.39, 0.29) is 5.91 Å². The lowest BCUT2D eigenvalue weighted by molar-refractivity contribution is 0.102. The van der Waals surface area contributed by atoms with Gasteiger partial charge in [0.05, 0.1) is 17.4 Å². The number of rotatable bonds is 4. The predicted molar refractivity (Wildman–Crippen MR) is 109 cm³/mol. The Hall–Kier alpha value is -3.14. The largest absolute Gasteiger partial charge is 0.366 e. The Labute approximate surface area is 159 Å². The van der Waals surface area contributed by atoms with E-state index >= 15 is 0 Å². The number of benzene rings is 2. The monoisotopic (exact) mass is 357 g/mol. The second kappa shape index (κ2) is 7.62. The topological polar surface area (TPSA) is 45.2 Å². The summed E-state index contributed by atoms with van der Waals surface area (Å²) in [5.74, 6) is -0.123. The summed E-state index contributed by atoms with van der Waals surface area (Å²) in [6.07, 6.45) is 5.36. The number of aryl methyl sites for hydroxylation is 1. The summed E-state index contributed by atoms with van der Waals surface area (Å²) < 4.78 is 0. The predicted octanol–water partition coefficient (Wildman–Crippen LogP) is 4.46. The first-order valence-corrected chi connectivity index (χ1v) is 9.40. The number of amides is 1. The summed E-state index contributed by atoms with van der Waals surface area (Å²) in [5, 5.41) is 3.03. The minimum atomic E-state index is -0.123. The van der Waals surface area contributed by atoms with Gasteiger partial charge in [-0.25, -0.2) is 0 Å². The standard InChI is InChI=1S/C23H23N3O/c1-2-17-7-5-6-10-22(17)25-23(27)20-13-21(15-24-14-20)26-12-11-18-8-3-4-9-19(18)16-26/h3-10,13-15H,2,11-12,16H2,1H3,(H,25,27). The van der Waals surface area contributed by atoms with E-state index < -0.39 is 0 Å². The number of aromatic nitrogens is 1. The molecule has 4 nitrogen and oxygen atoms in total. The molecule has 0 spiro atoms. The van der Waals surface area contributed by atoms with Crippen molar-refractivity contribution in [2.75, 3.05) is 16.8 Å². The molecule has 136 valence electrons. The van der Waals surface area contributed by atoms with Gasteiger partial charge in [-0.3, -0.25) is 9.78 Å². The molecular weight excluding hydrogens is 334 g/mol. The molecule has 4 heteroatoms. The van der Waals surface area contributed by atoms with Crippen molar-refractivity contribution in [1.82, 2.24) is 4.98 Å². The van der Waals surface area contributed by atoms with Crippen LogP contribution in [0.4, 0.5) is 11.4 Å². The third kappa shape index (κ3) is 3.70. The molecule has 0 atom stereocenters. The fourth-order valence-electron chi connectivity index (χ4n) is 3.59. The van der Waals surface area contributed by atoms with E-state index in [0.717, 1.165) is 42.9 Å². The highest BCUT2D eigenvalue weighted by atomic mass is 16.1. The maximum atomic E-state index is 12.7. The van der Waals surface area contributed by atoms with Crippen LogP contribution in [0.5, 0.6) is 0 Å². The molecule has 1 amide bonds. The van der Waals surface area contributed by atoms with E-state index in [1.54, 1.807) is 6.20 Å². The number of para-hydroxylation sites is 1. The molecule has 27 heavy (non-hydrogen) atoms. The third-order valence-electron chi connectivity index (χ3n) is 5.13. The van der Waals surface area contributed by atoms with Gasteiger partial charge in [0, 0.05) is 25.0 Å². The van der Waals surface area contributed by atoms with Crippen molar-refractivity contribution in [2.24, 2.45) is 0 Å². The van der Waals surface area contributed by atoms with Gasteiger partial charge in [0.25, 0.3) is 5.91 Å². The van der Waals surface area contributed by atoms with Crippen molar-refractivity contribution in [1.29, 1.82) is 0 Å². The van der Waals surface area contributed by atoms with E-state index in [1.165, 1.54) is 11.1 Å². The number of carbonyl (C=O) groups excluding carboxylic acids is 1. The van der Waals surface area contributed by atoms with Crippen LogP contribution in [-0.2, 0) is 19.4 Å². The Balaban J connectivity index is 1.53. The molecule has 1 aliphatic rings. The SMILES string of the molecule is CCc1ccccc1NC(=O)c1cncc(N2CCc3ccccc3C2)c1. The van der Waals surface area contributed by atoms with Crippen molar-refractivity contribution in [3.8, 4) is 0 Å². The maximum Gasteiger partial charge on any atom is 0.257 e. The zero-order valence-corrected chi connectivity index (χ0v) is 15.5. The number of nitrogens with zero attached hydrogens (tertiary/aromatic N) is 2. The molecule has 0 bridgehead atoms. The molecule has 2 aromatic carbocycles. The molecule has 0 radical (unpaired) electrons. The number of anilines is 2. The molecule has 1 aromatic heterocycles. The first-order valence-electron chi connectivity index (χ1n) is 9.40.